The lowest BCUT2D eigenvalue weighted by atomic mass is 9.89. The Morgan fingerprint density at radius 3 is 2.44 bits per heavy atom. The number of nitrogens with one attached hydrogen (secondary N) is 2. The largest absolute Gasteiger partial charge is 0.394 e. The van der Waals surface area contributed by atoms with Crippen molar-refractivity contribution in [3.05, 3.63) is 0 Å². The van der Waals surface area contributed by atoms with Crippen LogP contribution in [-0.2, 0) is 4.79 Å². The van der Waals surface area contributed by atoms with Crippen molar-refractivity contribution in [2.75, 3.05) is 6.61 Å². The Morgan fingerprint density at radius 1 is 1.33 bits per heavy atom. The van der Waals surface area contributed by atoms with E-state index in [0.29, 0.717) is 24.4 Å². The Balaban J connectivity index is 1.77. The second-order valence-electron chi connectivity index (χ2n) is 6.28. The highest BCUT2D eigenvalue weighted by Gasteiger charge is 2.34. The molecule has 18 heavy (non-hydrogen) atoms. The molecular formula is C14H26N2O2. The van der Waals surface area contributed by atoms with Crippen molar-refractivity contribution in [2.45, 2.75) is 64.1 Å². The van der Waals surface area contributed by atoms with Crippen LogP contribution in [0.15, 0.2) is 0 Å². The Kier molecular flexibility index (Phi) is 4.62. The van der Waals surface area contributed by atoms with Crippen LogP contribution in [0.25, 0.3) is 0 Å². The summed E-state index contributed by atoms with van der Waals surface area (Å²) in [5, 5.41) is 15.8. The summed E-state index contributed by atoms with van der Waals surface area (Å²) in [4.78, 5) is 12.0. The lowest BCUT2D eigenvalue weighted by molar-refractivity contribution is -0.123. The van der Waals surface area contributed by atoms with Crippen molar-refractivity contribution in [1.29, 1.82) is 0 Å². The number of aliphatic hydroxyl groups excluding tert-OH is 1. The average molecular weight is 254 g/mol. The number of fused-ring (bicyclic) bond motifs is 2. The van der Waals surface area contributed by atoms with Gasteiger partial charge in [0.25, 0.3) is 0 Å². The van der Waals surface area contributed by atoms with Crippen LogP contribution in [0.3, 0.4) is 0 Å². The molecule has 2 bridgehead atoms. The molecule has 104 valence electrons. The second kappa shape index (κ2) is 6.02. The van der Waals surface area contributed by atoms with Gasteiger partial charge < -0.3 is 15.7 Å². The monoisotopic (exact) mass is 254 g/mol. The molecule has 2 aliphatic heterocycles. The van der Waals surface area contributed by atoms with Crippen LogP contribution in [0.1, 0.15) is 46.0 Å². The summed E-state index contributed by atoms with van der Waals surface area (Å²) >= 11 is 0. The van der Waals surface area contributed by atoms with Gasteiger partial charge in [-0.1, -0.05) is 13.8 Å². The molecular weight excluding hydrogens is 228 g/mol. The molecule has 0 radical (unpaired) electrons. The normalized spacial score (nSPS) is 32.6. The smallest absolute Gasteiger partial charge is 0.220 e. The van der Waals surface area contributed by atoms with Crippen molar-refractivity contribution >= 4 is 5.91 Å². The predicted molar refractivity (Wildman–Crippen MR) is 71.1 cm³/mol. The molecule has 3 N–H and O–H groups in total. The Bertz CT molecular complexity index is 282. The minimum atomic E-state index is -0.101. The number of hydrogen-bond donors (Lipinski definition) is 3. The Morgan fingerprint density at radius 2 is 1.94 bits per heavy atom. The molecule has 4 nitrogen and oxygen atoms in total. The van der Waals surface area contributed by atoms with Gasteiger partial charge in [0.1, 0.15) is 0 Å². The molecule has 2 heterocycles. The zero-order chi connectivity index (χ0) is 13.1. The summed E-state index contributed by atoms with van der Waals surface area (Å²) in [5.41, 5.74) is 0. The summed E-state index contributed by atoms with van der Waals surface area (Å²) < 4.78 is 0. The summed E-state index contributed by atoms with van der Waals surface area (Å²) in [6, 6.07) is 1.18. The molecule has 0 aromatic carbocycles. The maximum atomic E-state index is 12.0. The van der Waals surface area contributed by atoms with Crippen molar-refractivity contribution in [2.24, 2.45) is 11.8 Å². The van der Waals surface area contributed by atoms with Crippen molar-refractivity contribution in [3.63, 3.8) is 0 Å². The zero-order valence-corrected chi connectivity index (χ0v) is 11.5. The van der Waals surface area contributed by atoms with E-state index in [2.05, 4.69) is 10.6 Å². The van der Waals surface area contributed by atoms with Gasteiger partial charge in [0.15, 0.2) is 0 Å². The molecule has 4 heteroatoms. The second-order valence-corrected chi connectivity index (χ2v) is 6.28. The van der Waals surface area contributed by atoms with E-state index in [1.54, 1.807) is 0 Å². The van der Waals surface area contributed by atoms with Crippen molar-refractivity contribution in [1.82, 2.24) is 10.6 Å². The Labute approximate surface area is 110 Å². The Hall–Kier alpha value is -0.610. The maximum Gasteiger partial charge on any atom is 0.220 e. The first kappa shape index (κ1) is 13.8. The van der Waals surface area contributed by atoms with Crippen LogP contribution in [-0.4, -0.2) is 35.7 Å². The molecule has 0 aromatic rings. The van der Waals surface area contributed by atoms with Crippen LogP contribution in [0.2, 0.25) is 0 Å². The van der Waals surface area contributed by atoms with Gasteiger partial charge in [-0.15, -0.1) is 0 Å². The summed E-state index contributed by atoms with van der Waals surface area (Å²) in [7, 11) is 0. The van der Waals surface area contributed by atoms with E-state index in [4.69, 9.17) is 0 Å². The summed E-state index contributed by atoms with van der Waals surface area (Å²) in [5.74, 6) is 0.910. The molecule has 3 unspecified atom stereocenters. The third kappa shape index (κ3) is 3.45. The van der Waals surface area contributed by atoms with Gasteiger partial charge in [0.2, 0.25) is 5.91 Å². The summed E-state index contributed by atoms with van der Waals surface area (Å²) in [6.07, 6.45) is 5.44. The number of piperidine rings is 1. The zero-order valence-electron chi connectivity index (χ0n) is 11.5. The quantitative estimate of drug-likeness (QED) is 0.687. The fourth-order valence-corrected chi connectivity index (χ4v) is 3.29. The predicted octanol–water partition coefficient (Wildman–Crippen LogP) is 1.04. The highest BCUT2D eigenvalue weighted by molar-refractivity contribution is 5.76. The van der Waals surface area contributed by atoms with E-state index in [1.807, 2.05) is 13.8 Å². The van der Waals surface area contributed by atoms with Crippen LogP contribution < -0.4 is 10.6 Å². The molecule has 1 amide bonds. The van der Waals surface area contributed by atoms with E-state index in [1.165, 1.54) is 12.8 Å². The first-order chi connectivity index (χ1) is 8.58. The lowest BCUT2D eigenvalue weighted by Crippen LogP contribution is -2.44. The number of rotatable bonds is 5. The van der Waals surface area contributed by atoms with Gasteiger partial charge in [-0.3, -0.25) is 4.79 Å². The number of aliphatic hydroxyl groups is 1. The van der Waals surface area contributed by atoms with Gasteiger partial charge in [0, 0.05) is 18.5 Å². The molecule has 2 fully saturated rings. The molecule has 0 aliphatic carbocycles. The van der Waals surface area contributed by atoms with Crippen LogP contribution in [0, 0.1) is 11.8 Å². The van der Waals surface area contributed by atoms with Crippen molar-refractivity contribution in [3.8, 4) is 0 Å². The van der Waals surface area contributed by atoms with E-state index in [9.17, 15) is 9.90 Å². The highest BCUT2D eigenvalue weighted by atomic mass is 16.3. The number of carbonyl (C=O) groups is 1. The van der Waals surface area contributed by atoms with E-state index in [0.717, 1.165) is 12.8 Å². The van der Waals surface area contributed by atoms with Crippen LogP contribution >= 0.6 is 0 Å². The van der Waals surface area contributed by atoms with E-state index >= 15 is 0 Å². The van der Waals surface area contributed by atoms with Gasteiger partial charge in [0.05, 0.1) is 12.6 Å². The van der Waals surface area contributed by atoms with E-state index < -0.39 is 0 Å². The topological polar surface area (TPSA) is 61.4 Å². The minimum absolute atomic E-state index is 0.0286. The standard InChI is InChI=1S/C14H26N2O2/c1-9(2)13(8-17)16-14(18)7-10-5-11-3-4-12(6-10)15-11/h9-13,15,17H,3-8H2,1-2H3,(H,16,18). The average Bonchev–Trinajstić information content (AvgIpc) is 2.65. The fourth-order valence-electron chi connectivity index (χ4n) is 3.29. The number of carbonyl (C=O) groups excluding carboxylic acids is 1. The highest BCUT2D eigenvalue weighted by Crippen LogP contribution is 2.32. The molecule has 2 rings (SSSR count). The third-order valence-corrected chi connectivity index (χ3v) is 4.39. The van der Waals surface area contributed by atoms with Gasteiger partial charge >= 0.3 is 0 Å². The van der Waals surface area contributed by atoms with Crippen LogP contribution in [0.4, 0.5) is 0 Å². The SMILES string of the molecule is CC(C)C(CO)NC(=O)CC1CC2CCC(C1)N2. The molecule has 0 aromatic heterocycles. The van der Waals surface area contributed by atoms with Gasteiger partial charge in [-0.25, -0.2) is 0 Å². The van der Waals surface area contributed by atoms with E-state index in [-0.39, 0.29) is 24.5 Å². The van der Waals surface area contributed by atoms with Crippen LogP contribution in [0.5, 0.6) is 0 Å². The third-order valence-electron chi connectivity index (χ3n) is 4.39. The molecule has 0 saturated carbocycles. The number of amides is 1. The minimum Gasteiger partial charge on any atom is -0.394 e. The molecule has 3 atom stereocenters. The number of hydrogen-bond acceptors (Lipinski definition) is 3. The summed E-state index contributed by atoms with van der Waals surface area (Å²) in [6.45, 7) is 4.07. The molecule has 0 spiro atoms. The van der Waals surface area contributed by atoms with Crippen molar-refractivity contribution < 1.29 is 9.90 Å². The first-order valence-electron chi connectivity index (χ1n) is 7.24. The molecule has 2 saturated heterocycles. The maximum absolute atomic E-state index is 12.0. The van der Waals surface area contributed by atoms with Gasteiger partial charge in [-0.05, 0) is 37.5 Å². The molecule has 2 aliphatic rings. The fraction of sp³-hybridized carbons (Fsp3) is 0.929. The lowest BCUT2D eigenvalue weighted by Gasteiger charge is -2.29. The van der Waals surface area contributed by atoms with Gasteiger partial charge in [-0.2, -0.15) is 0 Å². The first-order valence-corrected chi connectivity index (χ1v) is 7.24.